The summed E-state index contributed by atoms with van der Waals surface area (Å²) in [5.41, 5.74) is 1.21. The molecule has 0 aromatic heterocycles. The second kappa shape index (κ2) is 10.4. The number of esters is 1. The molecule has 0 aliphatic heterocycles. The van der Waals surface area contributed by atoms with Crippen LogP contribution in [0.5, 0.6) is 5.75 Å². The van der Waals surface area contributed by atoms with Gasteiger partial charge in [0.25, 0.3) is 0 Å². The van der Waals surface area contributed by atoms with E-state index in [0.29, 0.717) is 6.42 Å². The molecule has 0 N–H and O–H groups in total. The first-order valence-electron chi connectivity index (χ1n) is 9.67. The summed E-state index contributed by atoms with van der Waals surface area (Å²) in [7, 11) is 0. The van der Waals surface area contributed by atoms with Crippen molar-refractivity contribution in [3.8, 4) is 5.75 Å². The van der Waals surface area contributed by atoms with Crippen LogP contribution in [-0.2, 0) is 9.53 Å². The minimum absolute atomic E-state index is 0.000692. The van der Waals surface area contributed by atoms with E-state index in [4.69, 9.17) is 9.47 Å². The van der Waals surface area contributed by atoms with Crippen LogP contribution in [0.15, 0.2) is 24.3 Å². The largest absolute Gasteiger partial charge is 0.493 e. The molecule has 0 amide bonds. The van der Waals surface area contributed by atoms with Gasteiger partial charge in [-0.1, -0.05) is 51.3 Å². The second-order valence-corrected chi connectivity index (χ2v) is 6.76. The lowest BCUT2D eigenvalue weighted by atomic mass is 9.81. The molecule has 2 unspecified atom stereocenters. The van der Waals surface area contributed by atoms with Gasteiger partial charge in [0.1, 0.15) is 11.9 Å². The van der Waals surface area contributed by atoms with Crippen LogP contribution < -0.4 is 4.74 Å². The zero-order valence-corrected chi connectivity index (χ0v) is 15.3. The molecule has 0 saturated heterocycles. The van der Waals surface area contributed by atoms with Crippen LogP contribution in [0, 0.1) is 0 Å². The Bertz CT molecular complexity index is 498. The van der Waals surface area contributed by atoms with Crippen molar-refractivity contribution in [2.24, 2.45) is 0 Å². The lowest BCUT2D eigenvalue weighted by molar-refractivity contribution is -0.151. The summed E-state index contributed by atoms with van der Waals surface area (Å²) in [6, 6.07) is 8.25. The fraction of sp³-hybridized carbons (Fsp3) is 0.667. The van der Waals surface area contributed by atoms with Gasteiger partial charge in [0.15, 0.2) is 0 Å². The van der Waals surface area contributed by atoms with E-state index in [1.165, 1.54) is 12.0 Å². The van der Waals surface area contributed by atoms with Crippen LogP contribution in [-0.4, -0.2) is 18.7 Å². The number of carbonyl (C=O) groups is 1. The number of unbranched alkanes of at least 4 members (excludes halogenated alkanes) is 2. The first-order valence-corrected chi connectivity index (χ1v) is 9.67. The molecule has 24 heavy (non-hydrogen) atoms. The normalized spacial score (nSPS) is 20.6. The summed E-state index contributed by atoms with van der Waals surface area (Å²) in [6.45, 7) is 4.99. The highest BCUT2D eigenvalue weighted by atomic mass is 16.5. The van der Waals surface area contributed by atoms with Gasteiger partial charge >= 0.3 is 5.97 Å². The van der Waals surface area contributed by atoms with Crippen LogP contribution in [0.2, 0.25) is 0 Å². The van der Waals surface area contributed by atoms with E-state index in [-0.39, 0.29) is 18.0 Å². The molecule has 1 aromatic carbocycles. The molecule has 0 radical (unpaired) electrons. The first-order chi connectivity index (χ1) is 11.8. The van der Waals surface area contributed by atoms with Crippen molar-refractivity contribution in [3.05, 3.63) is 29.8 Å². The molecule has 1 fully saturated rings. The lowest BCUT2D eigenvalue weighted by Crippen LogP contribution is -2.29. The minimum atomic E-state index is -0.0349. The van der Waals surface area contributed by atoms with Crippen LogP contribution in [0.1, 0.15) is 83.1 Å². The smallest absolute Gasteiger partial charge is 0.306 e. The number of para-hydroxylation sites is 1. The Kier molecular flexibility index (Phi) is 8.14. The Morgan fingerprint density at radius 2 is 1.88 bits per heavy atom. The Labute approximate surface area is 146 Å². The first kappa shape index (κ1) is 18.8. The van der Waals surface area contributed by atoms with Gasteiger partial charge in [-0.25, -0.2) is 0 Å². The molecule has 0 bridgehead atoms. The standard InChI is InChI=1S/C21H32O3/c1-3-5-6-15-21(22)24-20-14-10-8-12-18(20)17-11-7-9-13-19(17)23-16-4-2/h7,9,11,13,18,20H,3-6,8,10,12,14-16H2,1-2H3. The molecule has 0 spiro atoms. The van der Waals surface area contributed by atoms with E-state index >= 15 is 0 Å². The van der Waals surface area contributed by atoms with E-state index in [1.54, 1.807) is 0 Å². The van der Waals surface area contributed by atoms with Crippen molar-refractivity contribution in [1.82, 2.24) is 0 Å². The average Bonchev–Trinajstić information content (AvgIpc) is 2.61. The van der Waals surface area contributed by atoms with Crippen molar-refractivity contribution in [2.75, 3.05) is 6.61 Å². The zero-order chi connectivity index (χ0) is 17.2. The maximum Gasteiger partial charge on any atom is 0.306 e. The van der Waals surface area contributed by atoms with Crippen LogP contribution in [0.4, 0.5) is 0 Å². The SMILES string of the molecule is CCCCCC(=O)OC1CCCCC1c1ccccc1OCCC. The summed E-state index contributed by atoms with van der Waals surface area (Å²) < 4.78 is 11.8. The third-order valence-electron chi connectivity index (χ3n) is 4.75. The van der Waals surface area contributed by atoms with Crippen LogP contribution in [0.25, 0.3) is 0 Å². The monoisotopic (exact) mass is 332 g/mol. The Balaban J connectivity index is 2.04. The fourth-order valence-corrected chi connectivity index (χ4v) is 3.47. The highest BCUT2D eigenvalue weighted by Crippen LogP contribution is 2.39. The van der Waals surface area contributed by atoms with Crippen molar-refractivity contribution in [2.45, 2.75) is 83.7 Å². The summed E-state index contributed by atoms with van der Waals surface area (Å²) in [4.78, 5) is 12.2. The lowest BCUT2D eigenvalue weighted by Gasteiger charge is -2.32. The van der Waals surface area contributed by atoms with Crippen LogP contribution >= 0.6 is 0 Å². The van der Waals surface area contributed by atoms with Gasteiger partial charge in [0.05, 0.1) is 6.61 Å². The van der Waals surface area contributed by atoms with Gasteiger partial charge in [0, 0.05) is 17.9 Å². The molecular formula is C21H32O3. The zero-order valence-electron chi connectivity index (χ0n) is 15.3. The van der Waals surface area contributed by atoms with E-state index in [2.05, 4.69) is 26.0 Å². The number of hydrogen-bond donors (Lipinski definition) is 0. The third-order valence-corrected chi connectivity index (χ3v) is 4.75. The third kappa shape index (κ3) is 5.54. The number of rotatable bonds is 9. The molecule has 134 valence electrons. The maximum atomic E-state index is 12.2. The van der Waals surface area contributed by atoms with Gasteiger partial charge in [-0.05, 0) is 38.2 Å². The second-order valence-electron chi connectivity index (χ2n) is 6.76. The summed E-state index contributed by atoms with van der Waals surface area (Å²) in [5, 5.41) is 0. The van der Waals surface area contributed by atoms with E-state index in [9.17, 15) is 4.79 Å². The van der Waals surface area contributed by atoms with Crippen molar-refractivity contribution in [1.29, 1.82) is 0 Å². The highest BCUT2D eigenvalue weighted by molar-refractivity contribution is 5.69. The number of carbonyl (C=O) groups excluding carboxylic acids is 1. The predicted octanol–water partition coefficient (Wildman–Crippen LogP) is 5.63. The average molecular weight is 332 g/mol. The van der Waals surface area contributed by atoms with Crippen molar-refractivity contribution < 1.29 is 14.3 Å². The Morgan fingerprint density at radius 3 is 2.67 bits per heavy atom. The van der Waals surface area contributed by atoms with Gasteiger partial charge in [-0.3, -0.25) is 4.79 Å². The predicted molar refractivity (Wildman–Crippen MR) is 97.5 cm³/mol. The molecular weight excluding hydrogens is 300 g/mol. The molecule has 1 aliphatic carbocycles. The Hall–Kier alpha value is -1.51. The Morgan fingerprint density at radius 1 is 1.08 bits per heavy atom. The van der Waals surface area contributed by atoms with Gasteiger partial charge in [0.2, 0.25) is 0 Å². The molecule has 1 aliphatic rings. The molecule has 3 nitrogen and oxygen atoms in total. The molecule has 2 atom stereocenters. The number of hydrogen-bond acceptors (Lipinski definition) is 3. The summed E-state index contributed by atoms with van der Waals surface area (Å²) >= 11 is 0. The van der Waals surface area contributed by atoms with E-state index in [0.717, 1.165) is 57.3 Å². The summed E-state index contributed by atoms with van der Waals surface area (Å²) in [6.07, 6.45) is 9.06. The molecule has 3 heteroatoms. The quantitative estimate of drug-likeness (QED) is 0.434. The van der Waals surface area contributed by atoms with E-state index < -0.39 is 0 Å². The molecule has 2 rings (SSSR count). The van der Waals surface area contributed by atoms with Crippen molar-refractivity contribution in [3.63, 3.8) is 0 Å². The van der Waals surface area contributed by atoms with Crippen LogP contribution in [0.3, 0.4) is 0 Å². The summed E-state index contributed by atoms with van der Waals surface area (Å²) in [5.74, 6) is 1.19. The fourth-order valence-electron chi connectivity index (χ4n) is 3.47. The van der Waals surface area contributed by atoms with Crippen molar-refractivity contribution >= 4 is 5.97 Å². The number of benzene rings is 1. The highest BCUT2D eigenvalue weighted by Gasteiger charge is 2.31. The number of ether oxygens (including phenoxy) is 2. The minimum Gasteiger partial charge on any atom is -0.493 e. The molecule has 1 saturated carbocycles. The molecule has 0 heterocycles. The maximum absolute atomic E-state index is 12.2. The van der Waals surface area contributed by atoms with Gasteiger partial charge in [-0.15, -0.1) is 0 Å². The topological polar surface area (TPSA) is 35.5 Å². The van der Waals surface area contributed by atoms with Gasteiger partial charge in [-0.2, -0.15) is 0 Å². The molecule has 1 aromatic rings. The van der Waals surface area contributed by atoms with Gasteiger partial charge < -0.3 is 9.47 Å². The van der Waals surface area contributed by atoms with E-state index in [1.807, 2.05) is 12.1 Å².